The molecule has 1 amide bonds. The molecule has 32 heavy (non-hydrogen) atoms. The molecule has 0 heterocycles. The molecular formula is C29H29NO2. The van der Waals surface area contributed by atoms with Gasteiger partial charge in [-0.3, -0.25) is 0 Å². The van der Waals surface area contributed by atoms with Gasteiger partial charge < -0.3 is 10.1 Å². The summed E-state index contributed by atoms with van der Waals surface area (Å²) in [5.41, 5.74) is 4.26. The molecule has 3 heteroatoms. The lowest BCUT2D eigenvalue weighted by Gasteiger charge is -2.21. The minimum Gasteiger partial charge on any atom is -0.444 e. The summed E-state index contributed by atoms with van der Waals surface area (Å²) in [6.07, 6.45) is -0.403. The number of benzene rings is 4. The van der Waals surface area contributed by atoms with E-state index in [9.17, 15) is 4.79 Å². The number of carbonyl (C=O) groups excluding carboxylic acids is 1. The van der Waals surface area contributed by atoms with Crippen LogP contribution >= 0.6 is 0 Å². The molecular weight excluding hydrogens is 394 g/mol. The largest absolute Gasteiger partial charge is 0.444 e. The van der Waals surface area contributed by atoms with Crippen molar-refractivity contribution < 1.29 is 9.53 Å². The molecule has 4 rings (SSSR count). The highest BCUT2D eigenvalue weighted by Gasteiger charge is 2.18. The summed E-state index contributed by atoms with van der Waals surface area (Å²) < 4.78 is 5.32. The Morgan fingerprint density at radius 2 is 1.34 bits per heavy atom. The van der Waals surface area contributed by atoms with Gasteiger partial charge in [-0.25, -0.2) is 4.79 Å². The zero-order chi connectivity index (χ0) is 22.6. The van der Waals surface area contributed by atoms with Crippen LogP contribution in [0.1, 0.15) is 48.9 Å². The van der Waals surface area contributed by atoms with Gasteiger partial charge in [0, 0.05) is 12.5 Å². The number of ether oxygens (including phenoxy) is 1. The van der Waals surface area contributed by atoms with Gasteiger partial charge in [-0.15, -0.1) is 0 Å². The van der Waals surface area contributed by atoms with Gasteiger partial charge in [0.15, 0.2) is 0 Å². The maximum Gasteiger partial charge on any atom is 0.407 e. The number of hydrogen-bond acceptors (Lipinski definition) is 2. The highest BCUT2D eigenvalue weighted by molar-refractivity contribution is 5.83. The second-order valence-corrected chi connectivity index (χ2v) is 9.05. The lowest BCUT2D eigenvalue weighted by Crippen LogP contribution is -2.32. The lowest BCUT2D eigenvalue weighted by molar-refractivity contribution is 0.0523. The Balaban J connectivity index is 1.60. The molecule has 0 radical (unpaired) electrons. The monoisotopic (exact) mass is 423 g/mol. The standard InChI is InChI=1S/C29H29NO2/c1-29(2,3)32-28(31)30-20-21-13-15-24(16-14-21)27(23-10-5-4-6-11-23)26-18-17-22-9-7-8-12-25(22)19-26/h4-19,27H,20H2,1-3H3,(H,30,31)/t27-/m0/s1. The van der Waals surface area contributed by atoms with Crippen LogP contribution in [0.15, 0.2) is 97.1 Å². The molecule has 4 aromatic carbocycles. The fourth-order valence-electron chi connectivity index (χ4n) is 3.93. The average Bonchev–Trinajstić information content (AvgIpc) is 2.78. The Kier molecular flexibility index (Phi) is 6.27. The Bertz CT molecular complexity index is 1190. The van der Waals surface area contributed by atoms with E-state index in [4.69, 9.17) is 4.74 Å². The normalized spacial score (nSPS) is 12.3. The molecule has 0 fully saturated rings. The first kappa shape index (κ1) is 21.6. The molecule has 0 aliphatic heterocycles. The zero-order valence-electron chi connectivity index (χ0n) is 18.8. The van der Waals surface area contributed by atoms with Crippen molar-refractivity contribution in [3.63, 3.8) is 0 Å². The fraction of sp³-hybridized carbons (Fsp3) is 0.207. The number of nitrogens with one attached hydrogen (secondary N) is 1. The Morgan fingerprint density at radius 1 is 0.750 bits per heavy atom. The van der Waals surface area contributed by atoms with E-state index in [0.717, 1.165) is 5.56 Å². The van der Waals surface area contributed by atoms with Gasteiger partial charge in [-0.2, -0.15) is 0 Å². The first-order chi connectivity index (χ1) is 15.4. The maximum absolute atomic E-state index is 12.0. The molecule has 0 aromatic heterocycles. The summed E-state index contributed by atoms with van der Waals surface area (Å²) in [4.78, 5) is 12.0. The number of rotatable bonds is 5. The van der Waals surface area contributed by atoms with Crippen LogP contribution < -0.4 is 5.32 Å². The van der Waals surface area contributed by atoms with Crippen molar-refractivity contribution in [2.75, 3.05) is 0 Å². The zero-order valence-corrected chi connectivity index (χ0v) is 18.8. The summed E-state index contributed by atoms with van der Waals surface area (Å²) in [6, 6.07) is 34.2. The molecule has 0 saturated carbocycles. The summed E-state index contributed by atoms with van der Waals surface area (Å²) in [7, 11) is 0. The van der Waals surface area contributed by atoms with Crippen molar-refractivity contribution in [2.24, 2.45) is 0 Å². The predicted octanol–water partition coefficient (Wildman–Crippen LogP) is 7.04. The van der Waals surface area contributed by atoms with Gasteiger partial charge in [-0.05, 0) is 53.8 Å². The maximum atomic E-state index is 12.0. The summed E-state index contributed by atoms with van der Waals surface area (Å²) in [5, 5.41) is 5.31. The third-order valence-electron chi connectivity index (χ3n) is 5.39. The minimum atomic E-state index is -0.503. The van der Waals surface area contributed by atoms with Crippen LogP contribution in [0.2, 0.25) is 0 Å². The summed E-state index contributed by atoms with van der Waals surface area (Å²) in [6.45, 7) is 6.01. The van der Waals surface area contributed by atoms with Gasteiger partial charge >= 0.3 is 6.09 Å². The molecule has 0 aliphatic rings. The molecule has 0 bridgehead atoms. The Morgan fingerprint density at radius 3 is 2.03 bits per heavy atom. The first-order valence-electron chi connectivity index (χ1n) is 11.0. The quantitative estimate of drug-likeness (QED) is 0.349. The number of fused-ring (bicyclic) bond motifs is 1. The first-order valence-corrected chi connectivity index (χ1v) is 11.0. The third-order valence-corrected chi connectivity index (χ3v) is 5.39. The number of alkyl carbamates (subject to hydrolysis) is 1. The summed E-state index contributed by atoms with van der Waals surface area (Å²) in [5.74, 6) is 0.133. The van der Waals surface area contributed by atoms with Gasteiger partial charge in [0.1, 0.15) is 5.60 Å². The van der Waals surface area contributed by atoms with E-state index in [1.165, 1.54) is 27.5 Å². The SMILES string of the molecule is CC(C)(C)OC(=O)NCc1ccc([C@H](c2ccccc2)c2ccc3ccccc3c2)cc1. The van der Waals surface area contributed by atoms with E-state index in [0.29, 0.717) is 6.54 Å². The van der Waals surface area contributed by atoms with E-state index in [1.807, 2.05) is 26.8 Å². The molecule has 1 atom stereocenters. The van der Waals surface area contributed by atoms with Crippen molar-refractivity contribution in [3.05, 3.63) is 119 Å². The number of carbonyl (C=O) groups is 1. The van der Waals surface area contributed by atoms with Crippen LogP contribution in [0, 0.1) is 0 Å². The molecule has 0 unspecified atom stereocenters. The van der Waals surface area contributed by atoms with Gasteiger partial charge in [0.2, 0.25) is 0 Å². The van der Waals surface area contributed by atoms with Gasteiger partial charge in [0.25, 0.3) is 0 Å². The van der Waals surface area contributed by atoms with E-state index in [1.54, 1.807) is 0 Å². The van der Waals surface area contributed by atoms with Crippen molar-refractivity contribution in [2.45, 2.75) is 38.8 Å². The molecule has 0 aliphatic carbocycles. The van der Waals surface area contributed by atoms with Crippen molar-refractivity contribution >= 4 is 16.9 Å². The number of hydrogen-bond donors (Lipinski definition) is 1. The molecule has 4 aromatic rings. The van der Waals surface area contributed by atoms with E-state index in [-0.39, 0.29) is 5.92 Å². The second-order valence-electron chi connectivity index (χ2n) is 9.05. The second kappa shape index (κ2) is 9.27. The topological polar surface area (TPSA) is 38.3 Å². The predicted molar refractivity (Wildman–Crippen MR) is 131 cm³/mol. The molecule has 3 nitrogen and oxygen atoms in total. The molecule has 0 spiro atoms. The fourth-order valence-corrected chi connectivity index (χ4v) is 3.93. The molecule has 162 valence electrons. The Hall–Kier alpha value is -3.59. The van der Waals surface area contributed by atoms with Crippen LogP contribution in [0.3, 0.4) is 0 Å². The molecule has 1 N–H and O–H groups in total. The highest BCUT2D eigenvalue weighted by Crippen LogP contribution is 2.33. The van der Waals surface area contributed by atoms with Crippen LogP contribution in [-0.4, -0.2) is 11.7 Å². The number of amides is 1. The molecule has 0 saturated heterocycles. The van der Waals surface area contributed by atoms with Crippen molar-refractivity contribution in [1.82, 2.24) is 5.32 Å². The smallest absolute Gasteiger partial charge is 0.407 e. The average molecular weight is 424 g/mol. The third kappa shape index (κ3) is 5.36. The van der Waals surface area contributed by atoms with Crippen LogP contribution in [0.25, 0.3) is 10.8 Å². The Labute approximate surface area is 190 Å². The van der Waals surface area contributed by atoms with Crippen molar-refractivity contribution in [3.8, 4) is 0 Å². The minimum absolute atomic E-state index is 0.133. The van der Waals surface area contributed by atoms with E-state index in [2.05, 4.69) is 96.3 Å². The van der Waals surface area contributed by atoms with Gasteiger partial charge in [0.05, 0.1) is 0 Å². The lowest BCUT2D eigenvalue weighted by atomic mass is 9.84. The highest BCUT2D eigenvalue weighted by atomic mass is 16.6. The van der Waals surface area contributed by atoms with Crippen LogP contribution in [0.5, 0.6) is 0 Å². The van der Waals surface area contributed by atoms with E-state index >= 15 is 0 Å². The summed E-state index contributed by atoms with van der Waals surface area (Å²) >= 11 is 0. The van der Waals surface area contributed by atoms with Gasteiger partial charge in [-0.1, -0.05) is 97.1 Å². The van der Waals surface area contributed by atoms with E-state index < -0.39 is 11.7 Å². The van der Waals surface area contributed by atoms with Crippen molar-refractivity contribution in [1.29, 1.82) is 0 Å². The van der Waals surface area contributed by atoms with Crippen LogP contribution in [-0.2, 0) is 11.3 Å². The van der Waals surface area contributed by atoms with Crippen LogP contribution in [0.4, 0.5) is 4.79 Å².